The minimum Gasteiger partial charge on any atom is -0.469 e. The monoisotopic (exact) mass is 942 g/mol. The Bertz CT molecular complexity index is 2700. The Hall–Kier alpha value is -6.14. The van der Waals surface area contributed by atoms with Crippen LogP contribution >= 0.6 is 0 Å². The summed E-state index contributed by atoms with van der Waals surface area (Å²) < 4.78 is 87.0. The number of nitrogens with zero attached hydrogens (tertiary/aromatic N) is 4. The van der Waals surface area contributed by atoms with Crippen molar-refractivity contribution in [3.63, 3.8) is 0 Å². The standard InChI is InChI=1S/C50H54F4N6O8/c1-26(2)34(22-42(61)65-5)45(62)59-15-7-8-40(59)38-21-31-18-28(11-14-37(31)56-38)29-9-12-32-33-13-10-30(20-36(33)50(53,54)49(51,52)35(32)19-29)39-24-55-44(57-39)41-23-48(67-16-17-68-48)25-60(41)46(63)43(27(3)4)58-47(64)66-6/h9-14,18-20,24,26-27,34,40-41,43H,7-8,15-17,21-23,25H2,1-6H3,(H,55,57)(H,58,64)/t34-,40-,41-,43-/m0/s1. The third-order valence-electron chi connectivity index (χ3n) is 14.1. The molecule has 3 saturated heterocycles. The lowest BCUT2D eigenvalue weighted by molar-refractivity contribution is -0.225. The smallest absolute Gasteiger partial charge is 0.407 e. The van der Waals surface area contributed by atoms with Gasteiger partial charge in [-0.2, -0.15) is 17.6 Å². The number of methoxy groups -OCH3 is 2. The van der Waals surface area contributed by atoms with Crippen LogP contribution in [0.15, 0.2) is 65.8 Å². The highest BCUT2D eigenvalue weighted by atomic mass is 19.3. The van der Waals surface area contributed by atoms with Crippen LogP contribution in [0.4, 0.5) is 28.0 Å². The topological polar surface area (TPSA) is 165 Å². The van der Waals surface area contributed by atoms with E-state index < -0.39 is 64.7 Å². The highest BCUT2D eigenvalue weighted by molar-refractivity contribution is 6.01. The molecule has 1 aliphatic carbocycles. The number of aromatic amines is 1. The van der Waals surface area contributed by atoms with Gasteiger partial charge in [-0.05, 0) is 76.8 Å². The maximum absolute atomic E-state index is 16.4. The molecule has 5 aliphatic rings. The van der Waals surface area contributed by atoms with Crippen molar-refractivity contribution in [1.29, 1.82) is 0 Å². The summed E-state index contributed by atoms with van der Waals surface area (Å²) in [5.41, 5.74) is 1.91. The molecule has 4 aliphatic heterocycles. The van der Waals surface area contributed by atoms with E-state index in [0.717, 1.165) is 29.8 Å². The number of esters is 1. The van der Waals surface area contributed by atoms with E-state index in [4.69, 9.17) is 23.9 Å². The molecule has 3 aromatic carbocycles. The van der Waals surface area contributed by atoms with Crippen molar-refractivity contribution in [3.05, 3.63) is 83.3 Å². The molecular formula is C50H54F4N6O8. The Balaban J connectivity index is 0.964. The number of H-pyrrole nitrogens is 1. The Morgan fingerprint density at radius 2 is 1.47 bits per heavy atom. The lowest BCUT2D eigenvalue weighted by atomic mass is 9.78. The highest BCUT2D eigenvalue weighted by Crippen LogP contribution is 2.59. The Morgan fingerprint density at radius 3 is 2.12 bits per heavy atom. The number of carbonyl (C=O) groups excluding carboxylic acids is 4. The number of carbonyl (C=O) groups is 4. The summed E-state index contributed by atoms with van der Waals surface area (Å²) in [4.78, 5) is 68.0. The summed E-state index contributed by atoms with van der Waals surface area (Å²) in [6, 6.07) is 11.6. The first-order valence-corrected chi connectivity index (χ1v) is 23.0. The molecule has 0 bridgehead atoms. The number of alkyl halides is 4. The van der Waals surface area contributed by atoms with E-state index in [-0.39, 0.29) is 71.4 Å². The molecular weight excluding hydrogens is 889 g/mol. The molecule has 4 aromatic rings. The van der Waals surface area contributed by atoms with Gasteiger partial charge in [-0.25, -0.2) is 9.78 Å². The van der Waals surface area contributed by atoms with Crippen LogP contribution in [0.25, 0.3) is 33.5 Å². The summed E-state index contributed by atoms with van der Waals surface area (Å²) in [5.74, 6) is -12.0. The van der Waals surface area contributed by atoms with Crippen LogP contribution in [0.5, 0.6) is 0 Å². The molecule has 9 rings (SSSR count). The van der Waals surface area contributed by atoms with Crippen LogP contribution in [0, 0.1) is 17.8 Å². The minimum absolute atomic E-state index is 0.0179. The Kier molecular flexibility index (Phi) is 12.3. The number of ether oxygens (including phenoxy) is 4. The molecule has 1 spiro atoms. The van der Waals surface area contributed by atoms with Gasteiger partial charge in [0, 0.05) is 41.8 Å². The van der Waals surface area contributed by atoms with Gasteiger partial charge in [0.05, 0.1) is 76.0 Å². The summed E-state index contributed by atoms with van der Waals surface area (Å²) in [6.45, 7) is 8.53. The first kappa shape index (κ1) is 46.9. The van der Waals surface area contributed by atoms with Crippen molar-refractivity contribution < 1.29 is 55.7 Å². The number of amides is 3. The second-order valence-electron chi connectivity index (χ2n) is 18.9. The maximum Gasteiger partial charge on any atom is 0.407 e. The first-order chi connectivity index (χ1) is 32.4. The number of alkyl carbamates (subject to hydrolysis) is 1. The van der Waals surface area contributed by atoms with E-state index in [1.165, 1.54) is 37.4 Å². The maximum atomic E-state index is 16.4. The lowest BCUT2D eigenvalue weighted by Gasteiger charge is -2.35. The molecule has 0 radical (unpaired) electrons. The average molecular weight is 943 g/mol. The number of likely N-dealkylation sites (tertiary alicyclic amines) is 2. The zero-order valence-corrected chi connectivity index (χ0v) is 38.7. The number of hydrogen-bond acceptors (Lipinski definition) is 10. The minimum atomic E-state index is -4.61. The number of rotatable bonds is 11. The summed E-state index contributed by atoms with van der Waals surface area (Å²) in [7, 11) is 2.50. The Labute approximate surface area is 390 Å². The van der Waals surface area contributed by atoms with Gasteiger partial charge in [-0.3, -0.25) is 19.4 Å². The van der Waals surface area contributed by atoms with Crippen molar-refractivity contribution in [2.24, 2.45) is 22.7 Å². The molecule has 3 amide bonds. The van der Waals surface area contributed by atoms with E-state index >= 15 is 17.6 Å². The van der Waals surface area contributed by atoms with Crippen molar-refractivity contribution in [3.8, 4) is 33.5 Å². The molecule has 2 N–H and O–H groups in total. The quantitative estimate of drug-likeness (QED) is 0.111. The summed E-state index contributed by atoms with van der Waals surface area (Å²) >= 11 is 0. The molecule has 18 heteroatoms. The van der Waals surface area contributed by atoms with Crippen molar-refractivity contribution in [2.75, 3.05) is 40.5 Å². The van der Waals surface area contributed by atoms with E-state index in [0.29, 0.717) is 49.4 Å². The summed E-state index contributed by atoms with van der Waals surface area (Å²) in [6.07, 6.45) is 2.69. The van der Waals surface area contributed by atoms with Gasteiger partial charge in [0.15, 0.2) is 5.79 Å². The van der Waals surface area contributed by atoms with Crippen LogP contribution in [0.3, 0.4) is 0 Å². The molecule has 0 unspecified atom stereocenters. The van der Waals surface area contributed by atoms with Gasteiger partial charge in [0.1, 0.15) is 11.9 Å². The van der Waals surface area contributed by atoms with Gasteiger partial charge in [0.25, 0.3) is 0 Å². The van der Waals surface area contributed by atoms with Crippen molar-refractivity contribution in [1.82, 2.24) is 25.1 Å². The third-order valence-corrected chi connectivity index (χ3v) is 14.1. The van der Waals surface area contributed by atoms with E-state index in [1.54, 1.807) is 43.0 Å². The summed E-state index contributed by atoms with van der Waals surface area (Å²) in [5, 5.41) is 2.60. The molecule has 360 valence electrons. The van der Waals surface area contributed by atoms with Crippen LogP contribution in [0.1, 0.15) is 81.9 Å². The average Bonchev–Trinajstić information content (AvgIpc) is 4.19. The normalized spacial score (nSPS) is 21.6. The lowest BCUT2D eigenvalue weighted by Crippen LogP contribution is -2.52. The number of halogens is 4. The van der Waals surface area contributed by atoms with Crippen LogP contribution in [-0.4, -0.2) is 108 Å². The molecule has 1 aromatic heterocycles. The largest absolute Gasteiger partial charge is 0.469 e. The Morgan fingerprint density at radius 1 is 0.824 bits per heavy atom. The van der Waals surface area contributed by atoms with Crippen molar-refractivity contribution >= 4 is 35.3 Å². The molecule has 68 heavy (non-hydrogen) atoms. The van der Waals surface area contributed by atoms with Gasteiger partial charge in [0.2, 0.25) is 11.8 Å². The molecule has 14 nitrogen and oxygen atoms in total. The van der Waals surface area contributed by atoms with Gasteiger partial charge >= 0.3 is 23.9 Å². The zero-order chi connectivity index (χ0) is 48.4. The fourth-order valence-electron chi connectivity index (χ4n) is 10.4. The van der Waals surface area contributed by atoms with Gasteiger partial charge in [-0.15, -0.1) is 0 Å². The molecule has 3 fully saturated rings. The van der Waals surface area contributed by atoms with Crippen LogP contribution in [-0.2, 0) is 51.6 Å². The van der Waals surface area contributed by atoms with Gasteiger partial charge in [-0.1, -0.05) is 58.0 Å². The number of benzene rings is 3. The number of aromatic nitrogens is 2. The highest BCUT2D eigenvalue weighted by Gasteiger charge is 2.63. The number of nitrogens with one attached hydrogen (secondary N) is 2. The number of aliphatic imine (C=N–C) groups is 1. The van der Waals surface area contributed by atoms with Crippen LogP contribution < -0.4 is 5.32 Å². The number of fused-ring (bicyclic) bond motifs is 4. The van der Waals surface area contributed by atoms with E-state index in [9.17, 15) is 19.2 Å². The van der Waals surface area contributed by atoms with Gasteiger partial charge < -0.3 is 39.0 Å². The SMILES string of the molecule is COC(=O)C[C@H](C(=O)N1CCC[C@H]1C1=Nc2ccc(-c3ccc4c(c3)C(F)(F)C(F)(F)c3cc(-c5cnc([C@@H]6CC7(CN6C(=O)[C@@H](NC(=O)OC)C(C)C)OCCO7)[nH]5)ccc3-4)cc2C1)C(C)C. The number of imidazole rings is 1. The van der Waals surface area contributed by atoms with Crippen LogP contribution in [0.2, 0.25) is 0 Å². The second-order valence-corrected chi connectivity index (χ2v) is 18.9. The molecule has 0 saturated carbocycles. The zero-order valence-electron chi connectivity index (χ0n) is 38.7. The molecule has 5 heterocycles. The third kappa shape index (κ3) is 8.12. The number of hydrogen-bond donors (Lipinski definition) is 2. The molecule has 4 atom stereocenters. The fraction of sp³-hybridized carbons (Fsp3) is 0.480. The van der Waals surface area contributed by atoms with E-state index in [1.807, 2.05) is 19.9 Å². The van der Waals surface area contributed by atoms with E-state index in [2.05, 4.69) is 15.3 Å². The van der Waals surface area contributed by atoms with Crippen molar-refractivity contribution in [2.45, 2.75) is 95.6 Å². The first-order valence-electron chi connectivity index (χ1n) is 23.0. The predicted molar refractivity (Wildman–Crippen MR) is 241 cm³/mol. The second kappa shape index (κ2) is 17.7. The fourth-order valence-corrected chi connectivity index (χ4v) is 10.4. The predicted octanol–water partition coefficient (Wildman–Crippen LogP) is 8.46.